The van der Waals surface area contributed by atoms with Crippen LogP contribution in [-0.4, -0.2) is 14.8 Å². The smallest absolute Gasteiger partial charge is 0.252 e. The largest absolute Gasteiger partial charge is 0.324 e. The van der Waals surface area contributed by atoms with E-state index in [1.807, 2.05) is 30.3 Å². The second kappa shape index (κ2) is 4.76. The summed E-state index contributed by atoms with van der Waals surface area (Å²) in [5, 5.41) is 12.6. The first-order valence-corrected chi connectivity index (χ1v) is 5.42. The van der Waals surface area contributed by atoms with Crippen molar-refractivity contribution in [3.8, 4) is 11.8 Å². The predicted molar refractivity (Wildman–Crippen MR) is 63.3 cm³/mol. The van der Waals surface area contributed by atoms with Crippen molar-refractivity contribution in [3.05, 3.63) is 42.0 Å². The van der Waals surface area contributed by atoms with Crippen molar-refractivity contribution in [2.45, 2.75) is 19.4 Å². The molecular weight excluding hydrogens is 214 g/mol. The van der Waals surface area contributed by atoms with Gasteiger partial charge in [0.25, 0.3) is 5.82 Å². The highest BCUT2D eigenvalue weighted by molar-refractivity contribution is 5.34. The van der Waals surface area contributed by atoms with Crippen LogP contribution in [0.5, 0.6) is 0 Å². The van der Waals surface area contributed by atoms with Crippen LogP contribution in [0.25, 0.3) is 5.69 Å². The molecule has 0 aliphatic heterocycles. The van der Waals surface area contributed by atoms with Crippen molar-refractivity contribution in [3.63, 3.8) is 0 Å². The van der Waals surface area contributed by atoms with Crippen LogP contribution < -0.4 is 5.73 Å². The maximum absolute atomic E-state index is 8.64. The van der Waals surface area contributed by atoms with Crippen LogP contribution in [-0.2, 0) is 0 Å². The molecule has 0 amide bonds. The minimum Gasteiger partial charge on any atom is -0.324 e. The van der Waals surface area contributed by atoms with Gasteiger partial charge < -0.3 is 5.73 Å². The lowest BCUT2D eigenvalue weighted by Crippen LogP contribution is -2.08. The summed E-state index contributed by atoms with van der Waals surface area (Å²) in [7, 11) is 0. The van der Waals surface area contributed by atoms with Gasteiger partial charge in [-0.15, -0.1) is 5.10 Å². The van der Waals surface area contributed by atoms with Gasteiger partial charge in [-0.1, -0.05) is 19.1 Å². The van der Waals surface area contributed by atoms with Crippen molar-refractivity contribution in [1.29, 1.82) is 5.26 Å². The average molecular weight is 227 g/mol. The first kappa shape index (κ1) is 11.3. The van der Waals surface area contributed by atoms with Gasteiger partial charge in [-0.3, -0.25) is 0 Å². The highest BCUT2D eigenvalue weighted by atomic mass is 15.3. The zero-order chi connectivity index (χ0) is 12.3. The third-order valence-electron chi connectivity index (χ3n) is 2.62. The normalized spacial score (nSPS) is 12.1. The van der Waals surface area contributed by atoms with Crippen LogP contribution in [0.15, 0.2) is 30.6 Å². The lowest BCUT2D eigenvalue weighted by Gasteiger charge is -2.09. The van der Waals surface area contributed by atoms with E-state index in [1.165, 1.54) is 6.33 Å². The SMILES string of the molecule is CCC(N)c1ccc(-n2cnc(C#N)n2)cc1. The molecule has 2 N–H and O–H groups in total. The molecule has 0 fully saturated rings. The maximum Gasteiger partial charge on any atom is 0.252 e. The molecule has 5 nitrogen and oxygen atoms in total. The Hall–Kier alpha value is -2.19. The summed E-state index contributed by atoms with van der Waals surface area (Å²) in [6.45, 7) is 2.05. The van der Waals surface area contributed by atoms with Gasteiger partial charge in [-0.05, 0) is 24.1 Å². The molecule has 0 aliphatic rings. The molecule has 0 radical (unpaired) electrons. The Morgan fingerprint density at radius 3 is 2.65 bits per heavy atom. The lowest BCUT2D eigenvalue weighted by molar-refractivity contribution is 0.698. The van der Waals surface area contributed by atoms with Crippen molar-refractivity contribution < 1.29 is 0 Å². The van der Waals surface area contributed by atoms with Gasteiger partial charge in [0.1, 0.15) is 12.4 Å². The predicted octanol–water partition coefficient (Wildman–Crippen LogP) is 1.55. The average Bonchev–Trinajstić information content (AvgIpc) is 2.87. The van der Waals surface area contributed by atoms with Gasteiger partial charge in [0.15, 0.2) is 0 Å². The molecule has 0 aliphatic carbocycles. The molecule has 1 atom stereocenters. The minimum absolute atomic E-state index is 0.0643. The van der Waals surface area contributed by atoms with E-state index in [-0.39, 0.29) is 11.9 Å². The van der Waals surface area contributed by atoms with Gasteiger partial charge in [-0.2, -0.15) is 5.26 Å². The number of hydrogen-bond acceptors (Lipinski definition) is 4. The molecule has 5 heteroatoms. The van der Waals surface area contributed by atoms with Crippen LogP contribution in [0.1, 0.15) is 30.8 Å². The number of aromatic nitrogens is 3. The Kier molecular flexibility index (Phi) is 3.17. The van der Waals surface area contributed by atoms with Crippen molar-refractivity contribution >= 4 is 0 Å². The monoisotopic (exact) mass is 227 g/mol. The fourth-order valence-electron chi connectivity index (χ4n) is 1.55. The van der Waals surface area contributed by atoms with Crippen LogP contribution in [0, 0.1) is 11.3 Å². The Morgan fingerprint density at radius 1 is 1.41 bits per heavy atom. The fraction of sp³-hybridized carbons (Fsp3) is 0.250. The summed E-state index contributed by atoms with van der Waals surface area (Å²) in [5.74, 6) is 0.166. The number of hydrogen-bond donors (Lipinski definition) is 1. The first-order valence-electron chi connectivity index (χ1n) is 5.42. The van der Waals surface area contributed by atoms with E-state index in [9.17, 15) is 0 Å². The molecule has 0 saturated carbocycles. The molecule has 2 rings (SSSR count). The summed E-state index contributed by atoms with van der Waals surface area (Å²) in [6, 6.07) is 9.73. The summed E-state index contributed by atoms with van der Waals surface area (Å²) in [5.41, 5.74) is 7.89. The van der Waals surface area contributed by atoms with Crippen LogP contribution >= 0.6 is 0 Å². The van der Waals surface area contributed by atoms with E-state index in [1.54, 1.807) is 4.68 Å². The van der Waals surface area contributed by atoms with Crippen molar-refractivity contribution in [2.75, 3.05) is 0 Å². The van der Waals surface area contributed by atoms with Crippen LogP contribution in [0.3, 0.4) is 0 Å². The molecule has 1 unspecified atom stereocenters. The molecule has 0 spiro atoms. The van der Waals surface area contributed by atoms with Crippen molar-refractivity contribution in [2.24, 2.45) is 5.73 Å². The van der Waals surface area contributed by atoms with Gasteiger partial charge in [0.2, 0.25) is 0 Å². The minimum atomic E-state index is 0.0643. The fourth-order valence-corrected chi connectivity index (χ4v) is 1.55. The summed E-state index contributed by atoms with van der Waals surface area (Å²) in [4.78, 5) is 3.85. The van der Waals surface area contributed by atoms with E-state index in [2.05, 4.69) is 17.0 Å². The third-order valence-corrected chi connectivity index (χ3v) is 2.62. The number of benzene rings is 1. The first-order chi connectivity index (χ1) is 8.24. The zero-order valence-corrected chi connectivity index (χ0v) is 9.54. The van der Waals surface area contributed by atoms with Gasteiger partial charge in [-0.25, -0.2) is 9.67 Å². The summed E-state index contributed by atoms with van der Waals surface area (Å²) >= 11 is 0. The Balaban J connectivity index is 2.26. The van der Waals surface area contributed by atoms with E-state index in [0.29, 0.717) is 0 Å². The highest BCUT2D eigenvalue weighted by Crippen LogP contribution is 2.15. The molecular formula is C12H13N5. The molecule has 86 valence electrons. The van der Waals surface area contributed by atoms with Crippen LogP contribution in [0.2, 0.25) is 0 Å². The molecule has 1 aromatic carbocycles. The second-order valence-corrected chi connectivity index (χ2v) is 3.73. The Bertz CT molecular complexity index is 535. The molecule has 1 heterocycles. The van der Waals surface area contributed by atoms with E-state index >= 15 is 0 Å². The molecule has 17 heavy (non-hydrogen) atoms. The van der Waals surface area contributed by atoms with E-state index < -0.39 is 0 Å². The van der Waals surface area contributed by atoms with Gasteiger partial charge in [0, 0.05) is 6.04 Å². The van der Waals surface area contributed by atoms with Crippen molar-refractivity contribution in [1.82, 2.24) is 14.8 Å². The zero-order valence-electron chi connectivity index (χ0n) is 9.54. The van der Waals surface area contributed by atoms with E-state index in [4.69, 9.17) is 11.0 Å². The Morgan fingerprint density at radius 2 is 2.12 bits per heavy atom. The molecule has 0 saturated heterocycles. The number of rotatable bonds is 3. The quantitative estimate of drug-likeness (QED) is 0.862. The van der Waals surface area contributed by atoms with E-state index in [0.717, 1.165) is 17.7 Å². The second-order valence-electron chi connectivity index (χ2n) is 3.73. The van der Waals surface area contributed by atoms with Gasteiger partial charge in [0.05, 0.1) is 5.69 Å². The standard InChI is InChI=1S/C12H13N5/c1-2-11(14)9-3-5-10(6-4-9)17-8-15-12(7-13)16-17/h3-6,8,11H,2,14H2,1H3. The number of nitrogens with zero attached hydrogens (tertiary/aromatic N) is 4. The topological polar surface area (TPSA) is 80.5 Å². The van der Waals surface area contributed by atoms with Gasteiger partial charge >= 0.3 is 0 Å². The third kappa shape index (κ3) is 2.32. The number of nitriles is 1. The summed E-state index contributed by atoms with van der Waals surface area (Å²) < 4.78 is 1.57. The van der Waals surface area contributed by atoms with Crippen LogP contribution in [0.4, 0.5) is 0 Å². The highest BCUT2D eigenvalue weighted by Gasteiger charge is 2.05. The molecule has 2 aromatic rings. The summed E-state index contributed by atoms with van der Waals surface area (Å²) in [6.07, 6.45) is 2.43. The molecule has 0 bridgehead atoms. The lowest BCUT2D eigenvalue weighted by atomic mass is 10.1. The number of nitrogens with two attached hydrogens (primary N) is 1. The maximum atomic E-state index is 8.64. The Labute approximate surface area is 99.5 Å². The molecule has 1 aromatic heterocycles.